The lowest BCUT2D eigenvalue weighted by Gasteiger charge is -2.07. The predicted molar refractivity (Wildman–Crippen MR) is 67.1 cm³/mol. The zero-order chi connectivity index (χ0) is 13.1. The lowest BCUT2D eigenvalue weighted by atomic mass is 10.1. The molecule has 0 radical (unpaired) electrons. The van der Waals surface area contributed by atoms with Crippen LogP contribution in [0, 0.1) is 6.92 Å². The Balaban J connectivity index is 2.29. The molecule has 2 aromatic heterocycles. The molecule has 0 aliphatic heterocycles. The van der Waals surface area contributed by atoms with Crippen LogP contribution < -0.4 is 11.1 Å². The van der Waals surface area contributed by atoms with Crippen LogP contribution in [0.2, 0.25) is 0 Å². The number of amides is 1. The number of hydrogen-bond acceptors (Lipinski definition) is 5. The van der Waals surface area contributed by atoms with Crippen molar-refractivity contribution in [3.63, 3.8) is 0 Å². The van der Waals surface area contributed by atoms with Crippen molar-refractivity contribution in [2.24, 2.45) is 0 Å². The average molecular weight is 246 g/mol. The number of anilines is 2. The highest BCUT2D eigenvalue weighted by Gasteiger charge is 2.14. The number of H-pyrrole nitrogens is 1. The van der Waals surface area contributed by atoms with Gasteiger partial charge in [-0.1, -0.05) is 6.92 Å². The van der Waals surface area contributed by atoms with Crippen molar-refractivity contribution in [1.82, 2.24) is 20.4 Å². The summed E-state index contributed by atoms with van der Waals surface area (Å²) >= 11 is 0. The highest BCUT2D eigenvalue weighted by Crippen LogP contribution is 2.15. The third-order valence-corrected chi connectivity index (χ3v) is 2.48. The highest BCUT2D eigenvalue weighted by atomic mass is 16.1. The smallest absolute Gasteiger partial charge is 0.258 e. The summed E-state index contributed by atoms with van der Waals surface area (Å²) in [7, 11) is 0. The molecule has 94 valence electrons. The molecule has 2 rings (SSSR count). The standard InChI is InChI=1S/C11H14N6O/c1-3-9-7(4-6(2)15-16-9)11(18)14-10-8(12)5-13-17-10/h4-5H,3,12H2,1-2H3,(H2,13,14,17,18). The zero-order valence-corrected chi connectivity index (χ0v) is 10.2. The van der Waals surface area contributed by atoms with E-state index >= 15 is 0 Å². The van der Waals surface area contributed by atoms with Crippen molar-refractivity contribution in [3.8, 4) is 0 Å². The van der Waals surface area contributed by atoms with Crippen molar-refractivity contribution in [2.45, 2.75) is 20.3 Å². The molecule has 0 fully saturated rings. The van der Waals surface area contributed by atoms with E-state index in [1.807, 2.05) is 6.92 Å². The quantitative estimate of drug-likeness (QED) is 0.745. The molecule has 0 aliphatic carbocycles. The van der Waals surface area contributed by atoms with Crippen LogP contribution in [0.4, 0.5) is 11.5 Å². The first kappa shape index (κ1) is 12.0. The van der Waals surface area contributed by atoms with Crippen LogP contribution in [0.15, 0.2) is 12.3 Å². The van der Waals surface area contributed by atoms with Crippen molar-refractivity contribution in [2.75, 3.05) is 11.1 Å². The second-order valence-corrected chi connectivity index (χ2v) is 3.85. The van der Waals surface area contributed by atoms with Crippen LogP contribution in [0.1, 0.15) is 28.7 Å². The third-order valence-electron chi connectivity index (χ3n) is 2.48. The van der Waals surface area contributed by atoms with Crippen molar-refractivity contribution in [3.05, 3.63) is 29.2 Å². The summed E-state index contributed by atoms with van der Waals surface area (Å²) in [6, 6.07) is 1.70. The number of aromatic nitrogens is 4. The summed E-state index contributed by atoms with van der Waals surface area (Å²) < 4.78 is 0. The number of nitrogen functional groups attached to an aromatic ring is 1. The van der Waals surface area contributed by atoms with Gasteiger partial charge in [-0.05, 0) is 19.4 Å². The zero-order valence-electron chi connectivity index (χ0n) is 10.2. The summed E-state index contributed by atoms with van der Waals surface area (Å²) in [5.41, 5.74) is 7.86. The summed E-state index contributed by atoms with van der Waals surface area (Å²) in [6.07, 6.45) is 2.07. The Hall–Kier alpha value is -2.44. The largest absolute Gasteiger partial charge is 0.394 e. The molecule has 7 heteroatoms. The minimum Gasteiger partial charge on any atom is -0.394 e. The monoisotopic (exact) mass is 246 g/mol. The molecule has 2 aromatic rings. The molecule has 1 amide bonds. The fourth-order valence-electron chi connectivity index (χ4n) is 1.55. The molecular formula is C11H14N6O. The Bertz CT molecular complexity index is 577. The lowest BCUT2D eigenvalue weighted by Crippen LogP contribution is -2.17. The lowest BCUT2D eigenvalue weighted by molar-refractivity contribution is 0.102. The molecule has 0 bridgehead atoms. The summed E-state index contributed by atoms with van der Waals surface area (Å²) in [6.45, 7) is 3.70. The fraction of sp³-hybridized carbons (Fsp3) is 0.273. The Kier molecular flexibility index (Phi) is 3.22. The van der Waals surface area contributed by atoms with Gasteiger partial charge in [-0.3, -0.25) is 9.89 Å². The number of carbonyl (C=O) groups is 1. The van der Waals surface area contributed by atoms with E-state index in [1.54, 1.807) is 13.0 Å². The molecule has 0 aliphatic rings. The second kappa shape index (κ2) is 4.82. The van der Waals surface area contributed by atoms with Gasteiger partial charge >= 0.3 is 0 Å². The van der Waals surface area contributed by atoms with E-state index in [1.165, 1.54) is 6.20 Å². The normalized spacial score (nSPS) is 10.3. The number of rotatable bonds is 3. The van der Waals surface area contributed by atoms with Crippen molar-refractivity contribution in [1.29, 1.82) is 0 Å². The molecule has 7 nitrogen and oxygen atoms in total. The van der Waals surface area contributed by atoms with E-state index < -0.39 is 0 Å². The van der Waals surface area contributed by atoms with Crippen LogP contribution in [0.5, 0.6) is 0 Å². The van der Waals surface area contributed by atoms with E-state index in [0.29, 0.717) is 34.9 Å². The molecule has 0 aromatic carbocycles. The summed E-state index contributed by atoms with van der Waals surface area (Å²) in [5, 5.41) is 16.9. The first-order chi connectivity index (χ1) is 8.61. The summed E-state index contributed by atoms with van der Waals surface area (Å²) in [5.74, 6) is 0.109. The Morgan fingerprint density at radius 1 is 1.50 bits per heavy atom. The van der Waals surface area contributed by atoms with Gasteiger partial charge < -0.3 is 11.1 Å². The average Bonchev–Trinajstić information content (AvgIpc) is 2.75. The Morgan fingerprint density at radius 3 is 2.89 bits per heavy atom. The first-order valence-corrected chi connectivity index (χ1v) is 5.55. The topological polar surface area (TPSA) is 110 Å². The van der Waals surface area contributed by atoms with Crippen LogP contribution in [0.3, 0.4) is 0 Å². The van der Waals surface area contributed by atoms with Gasteiger partial charge in [0.2, 0.25) is 0 Å². The van der Waals surface area contributed by atoms with Crippen molar-refractivity contribution >= 4 is 17.4 Å². The van der Waals surface area contributed by atoms with E-state index in [9.17, 15) is 4.79 Å². The number of hydrogen-bond donors (Lipinski definition) is 3. The molecule has 0 spiro atoms. The van der Waals surface area contributed by atoms with Crippen molar-refractivity contribution < 1.29 is 4.79 Å². The molecule has 0 saturated heterocycles. The van der Waals surface area contributed by atoms with Gasteiger partial charge in [0.15, 0.2) is 5.82 Å². The first-order valence-electron chi connectivity index (χ1n) is 5.55. The summed E-state index contributed by atoms with van der Waals surface area (Å²) in [4.78, 5) is 12.1. The van der Waals surface area contributed by atoms with Gasteiger partial charge in [-0.15, -0.1) is 0 Å². The van der Waals surface area contributed by atoms with Gasteiger partial charge in [0.05, 0.1) is 28.8 Å². The van der Waals surface area contributed by atoms with Gasteiger partial charge in [0.25, 0.3) is 5.91 Å². The van der Waals surface area contributed by atoms with Gasteiger partial charge in [0, 0.05) is 0 Å². The number of nitrogens with one attached hydrogen (secondary N) is 2. The molecule has 2 heterocycles. The maximum Gasteiger partial charge on any atom is 0.258 e. The maximum atomic E-state index is 12.1. The number of carbonyl (C=O) groups excluding carboxylic acids is 1. The molecule has 4 N–H and O–H groups in total. The number of aromatic amines is 1. The van der Waals surface area contributed by atoms with Gasteiger partial charge in [-0.25, -0.2) is 0 Å². The third kappa shape index (κ3) is 2.29. The number of nitrogens with two attached hydrogens (primary N) is 1. The SMILES string of the molecule is CCc1nnc(C)cc1C(=O)Nc1[nH]ncc1N. The minimum absolute atomic E-state index is 0.277. The highest BCUT2D eigenvalue weighted by molar-refractivity contribution is 6.05. The maximum absolute atomic E-state index is 12.1. The van der Waals surface area contributed by atoms with E-state index in [0.717, 1.165) is 0 Å². The molecule has 0 unspecified atom stereocenters. The number of aryl methyl sites for hydroxylation is 2. The Labute approximate surface area is 104 Å². The molecular weight excluding hydrogens is 232 g/mol. The van der Waals surface area contributed by atoms with Gasteiger partial charge in [0.1, 0.15) is 0 Å². The van der Waals surface area contributed by atoms with E-state index in [2.05, 4.69) is 25.7 Å². The molecule has 0 saturated carbocycles. The van der Waals surface area contributed by atoms with E-state index in [4.69, 9.17) is 5.73 Å². The predicted octanol–water partition coefficient (Wildman–Crippen LogP) is 0.905. The van der Waals surface area contributed by atoms with Crippen LogP contribution >= 0.6 is 0 Å². The molecule has 0 atom stereocenters. The van der Waals surface area contributed by atoms with Crippen LogP contribution in [-0.4, -0.2) is 26.3 Å². The van der Waals surface area contributed by atoms with Gasteiger partial charge in [-0.2, -0.15) is 15.3 Å². The van der Waals surface area contributed by atoms with Crippen LogP contribution in [-0.2, 0) is 6.42 Å². The van der Waals surface area contributed by atoms with E-state index in [-0.39, 0.29) is 5.91 Å². The Morgan fingerprint density at radius 2 is 2.28 bits per heavy atom. The second-order valence-electron chi connectivity index (χ2n) is 3.85. The fourth-order valence-corrected chi connectivity index (χ4v) is 1.55. The van der Waals surface area contributed by atoms with Crippen LogP contribution in [0.25, 0.3) is 0 Å². The number of nitrogens with zero attached hydrogens (tertiary/aromatic N) is 3. The molecule has 18 heavy (non-hydrogen) atoms. The minimum atomic E-state index is -0.277.